The average molecular weight is 271 g/mol. The van der Waals surface area contributed by atoms with Crippen LogP contribution in [0.4, 0.5) is 0 Å². The Hall–Kier alpha value is -2.29. The van der Waals surface area contributed by atoms with Gasteiger partial charge in [-0.3, -0.25) is 10.1 Å². The second kappa shape index (κ2) is 8.00. The largest absolute Gasteiger partial charge is 0.483 e. The van der Waals surface area contributed by atoms with Crippen molar-refractivity contribution in [2.75, 3.05) is 7.11 Å². The van der Waals surface area contributed by atoms with Crippen molar-refractivity contribution < 1.29 is 9.53 Å². The van der Waals surface area contributed by atoms with Gasteiger partial charge in [0.05, 0.1) is 7.11 Å². The summed E-state index contributed by atoms with van der Waals surface area (Å²) in [6.45, 7) is 9.48. The number of nitrogens with one attached hydrogen (secondary N) is 1. The van der Waals surface area contributed by atoms with Gasteiger partial charge in [-0.05, 0) is 30.7 Å². The second-order valence-corrected chi connectivity index (χ2v) is 4.30. The highest BCUT2D eigenvalue weighted by atomic mass is 16.5. The molecule has 0 aliphatic heterocycles. The van der Waals surface area contributed by atoms with Gasteiger partial charge in [-0.1, -0.05) is 37.3 Å². The predicted octanol–water partition coefficient (Wildman–Crippen LogP) is 3.77. The smallest absolute Gasteiger partial charge is 0.257 e. The van der Waals surface area contributed by atoms with Gasteiger partial charge < -0.3 is 4.74 Å². The highest BCUT2D eigenvalue weighted by molar-refractivity contribution is 5.95. The lowest BCUT2D eigenvalue weighted by Crippen LogP contribution is -2.22. The molecule has 3 heteroatoms. The Morgan fingerprint density at radius 1 is 1.40 bits per heavy atom. The summed E-state index contributed by atoms with van der Waals surface area (Å²) in [6, 6.07) is 7.42. The number of methoxy groups -OCH3 is 1. The van der Waals surface area contributed by atoms with Crippen LogP contribution in [0, 0.1) is 0 Å². The quantitative estimate of drug-likeness (QED) is 0.605. The van der Waals surface area contributed by atoms with E-state index in [-0.39, 0.29) is 17.7 Å². The molecule has 0 aliphatic rings. The Morgan fingerprint density at radius 3 is 2.55 bits per heavy atom. The lowest BCUT2D eigenvalue weighted by molar-refractivity contribution is 0.0936. The maximum absolute atomic E-state index is 11.9. The Kier molecular flexibility index (Phi) is 6.30. The zero-order chi connectivity index (χ0) is 15.0. The molecule has 0 saturated heterocycles. The van der Waals surface area contributed by atoms with Crippen molar-refractivity contribution in [3.05, 3.63) is 72.7 Å². The van der Waals surface area contributed by atoms with Gasteiger partial charge >= 0.3 is 0 Å². The van der Waals surface area contributed by atoms with Crippen molar-refractivity contribution >= 4 is 5.91 Å². The molecule has 1 N–H and O–H groups in total. The Bertz CT molecular complexity index is 500. The third kappa shape index (κ3) is 4.43. The van der Waals surface area contributed by atoms with Gasteiger partial charge in [0.25, 0.3) is 5.91 Å². The summed E-state index contributed by atoms with van der Waals surface area (Å²) in [4.78, 5) is 11.9. The maximum atomic E-state index is 11.9. The number of carbonyl (C=O) groups excluding carboxylic acids is 1. The van der Waals surface area contributed by atoms with Crippen LogP contribution in [-0.4, -0.2) is 13.0 Å². The van der Waals surface area contributed by atoms with E-state index < -0.39 is 0 Å². The number of allylic oxidation sites excluding steroid dienone is 3. The molecule has 0 bridgehead atoms. The fraction of sp³-hybridized carbons (Fsp3) is 0.235. The van der Waals surface area contributed by atoms with Gasteiger partial charge in [0.1, 0.15) is 0 Å². The van der Waals surface area contributed by atoms with Crippen LogP contribution >= 0.6 is 0 Å². The van der Waals surface area contributed by atoms with Crippen LogP contribution in [0.25, 0.3) is 0 Å². The Labute approximate surface area is 120 Å². The van der Waals surface area contributed by atoms with Gasteiger partial charge in [0.2, 0.25) is 0 Å². The third-order valence-corrected chi connectivity index (χ3v) is 2.89. The van der Waals surface area contributed by atoms with Crippen molar-refractivity contribution in [2.24, 2.45) is 0 Å². The topological polar surface area (TPSA) is 38.3 Å². The van der Waals surface area contributed by atoms with E-state index in [1.54, 1.807) is 12.1 Å². The molecule has 1 rings (SSSR count). The monoisotopic (exact) mass is 271 g/mol. The van der Waals surface area contributed by atoms with Crippen LogP contribution in [0.1, 0.15) is 35.2 Å². The predicted molar refractivity (Wildman–Crippen MR) is 82.4 cm³/mol. The Morgan fingerprint density at radius 2 is 2.05 bits per heavy atom. The van der Waals surface area contributed by atoms with Gasteiger partial charge in [0.15, 0.2) is 5.88 Å². The molecule has 20 heavy (non-hydrogen) atoms. The van der Waals surface area contributed by atoms with E-state index in [9.17, 15) is 4.79 Å². The Balaban J connectivity index is 2.82. The van der Waals surface area contributed by atoms with E-state index in [1.165, 1.54) is 7.11 Å². The summed E-state index contributed by atoms with van der Waals surface area (Å²) >= 11 is 0. The van der Waals surface area contributed by atoms with Crippen LogP contribution in [0.15, 0.2) is 61.5 Å². The molecule has 0 spiro atoms. The molecular weight excluding hydrogens is 250 g/mol. The van der Waals surface area contributed by atoms with Crippen molar-refractivity contribution in [3.8, 4) is 0 Å². The van der Waals surface area contributed by atoms with Gasteiger partial charge in [-0.15, -0.1) is 6.58 Å². The molecule has 0 saturated carbocycles. The molecular formula is C17H21NO2. The standard InChI is InChI=1S/C17H21NO2/c1-5-7-8-14(6-2)15-9-11-16(12-10-15)17(19)18-13(3)20-4/h6-12,14H,2-3,5H2,1,4H3,(H,18,19)/b8-7-. The van der Waals surface area contributed by atoms with E-state index in [1.807, 2.05) is 18.2 Å². The van der Waals surface area contributed by atoms with Gasteiger partial charge in [-0.25, -0.2) is 0 Å². The summed E-state index contributed by atoms with van der Waals surface area (Å²) in [6.07, 6.45) is 7.09. The van der Waals surface area contributed by atoms with Gasteiger partial charge in [-0.2, -0.15) is 0 Å². The van der Waals surface area contributed by atoms with Crippen LogP contribution < -0.4 is 5.32 Å². The second-order valence-electron chi connectivity index (χ2n) is 4.30. The molecule has 0 radical (unpaired) electrons. The molecule has 3 nitrogen and oxygen atoms in total. The highest BCUT2D eigenvalue weighted by Gasteiger charge is 2.08. The first-order valence-corrected chi connectivity index (χ1v) is 6.55. The fourth-order valence-electron chi connectivity index (χ4n) is 1.71. The number of hydrogen-bond donors (Lipinski definition) is 1. The van der Waals surface area contributed by atoms with Crippen LogP contribution in [0.3, 0.4) is 0 Å². The normalized spacial score (nSPS) is 11.9. The summed E-state index contributed by atoms with van der Waals surface area (Å²) < 4.78 is 4.82. The molecule has 106 valence electrons. The molecule has 0 aromatic heterocycles. The molecule has 1 amide bonds. The van der Waals surface area contributed by atoms with Crippen LogP contribution in [-0.2, 0) is 4.74 Å². The average Bonchev–Trinajstić information content (AvgIpc) is 2.48. The fourth-order valence-corrected chi connectivity index (χ4v) is 1.71. The molecule has 0 aliphatic carbocycles. The number of rotatable bonds is 7. The summed E-state index contributed by atoms with van der Waals surface area (Å²) in [7, 11) is 1.46. The number of ether oxygens (including phenoxy) is 1. The lowest BCUT2D eigenvalue weighted by atomic mass is 9.97. The third-order valence-electron chi connectivity index (χ3n) is 2.89. The number of amides is 1. The first kappa shape index (κ1) is 15.8. The van der Waals surface area contributed by atoms with E-state index in [0.717, 1.165) is 12.0 Å². The molecule has 1 aromatic carbocycles. The van der Waals surface area contributed by atoms with E-state index in [4.69, 9.17) is 4.74 Å². The highest BCUT2D eigenvalue weighted by Crippen LogP contribution is 2.19. The summed E-state index contributed by atoms with van der Waals surface area (Å²) in [5.74, 6) is 0.164. The maximum Gasteiger partial charge on any atom is 0.257 e. The SMILES string of the molecule is C=CC(/C=C\CC)c1ccc(C(=O)NC(=C)OC)cc1. The molecule has 1 unspecified atom stereocenters. The van der Waals surface area contributed by atoms with Crippen molar-refractivity contribution in [1.82, 2.24) is 5.32 Å². The lowest BCUT2D eigenvalue weighted by Gasteiger charge is -2.10. The number of hydrogen-bond acceptors (Lipinski definition) is 2. The zero-order valence-electron chi connectivity index (χ0n) is 12.1. The van der Waals surface area contributed by atoms with Crippen LogP contribution in [0.5, 0.6) is 0 Å². The zero-order valence-corrected chi connectivity index (χ0v) is 12.1. The minimum absolute atomic E-state index is 0.168. The minimum atomic E-state index is -0.234. The van der Waals surface area contributed by atoms with Crippen molar-refractivity contribution in [2.45, 2.75) is 19.3 Å². The van der Waals surface area contributed by atoms with Crippen molar-refractivity contribution in [1.29, 1.82) is 0 Å². The van der Waals surface area contributed by atoms with Crippen molar-refractivity contribution in [3.63, 3.8) is 0 Å². The minimum Gasteiger partial charge on any atom is -0.483 e. The molecule has 0 fully saturated rings. The first-order valence-electron chi connectivity index (χ1n) is 6.55. The summed E-state index contributed by atoms with van der Waals surface area (Å²) in [5.41, 5.74) is 1.67. The molecule has 1 aromatic rings. The van der Waals surface area contributed by atoms with E-state index >= 15 is 0 Å². The van der Waals surface area contributed by atoms with E-state index in [0.29, 0.717) is 5.56 Å². The molecule has 0 heterocycles. The van der Waals surface area contributed by atoms with E-state index in [2.05, 4.69) is 37.6 Å². The number of benzene rings is 1. The van der Waals surface area contributed by atoms with Gasteiger partial charge in [0, 0.05) is 11.5 Å². The molecule has 1 atom stereocenters. The van der Waals surface area contributed by atoms with Crippen LogP contribution in [0.2, 0.25) is 0 Å². The number of carbonyl (C=O) groups is 1. The first-order chi connectivity index (χ1) is 9.62. The summed E-state index contributed by atoms with van der Waals surface area (Å²) in [5, 5.41) is 2.55.